The van der Waals surface area contributed by atoms with E-state index < -0.39 is 0 Å². The molecule has 2 aromatic rings. The molecule has 0 saturated carbocycles. The van der Waals surface area contributed by atoms with Gasteiger partial charge in [0.15, 0.2) is 5.96 Å². The number of guanidine groups is 1. The van der Waals surface area contributed by atoms with Crippen molar-refractivity contribution in [3.05, 3.63) is 65.7 Å². The lowest BCUT2D eigenvalue weighted by Crippen LogP contribution is -2.37. The van der Waals surface area contributed by atoms with Crippen LogP contribution in [0.5, 0.6) is 5.75 Å². The summed E-state index contributed by atoms with van der Waals surface area (Å²) in [6.07, 6.45) is 1.14. The SMILES string of the molecule is CN=C(NCCc1ccc(OC(C)C)cc1)NCc1ccccc1.I. The van der Waals surface area contributed by atoms with E-state index in [2.05, 4.69) is 39.9 Å². The molecule has 0 atom stereocenters. The summed E-state index contributed by atoms with van der Waals surface area (Å²) in [6.45, 7) is 5.67. The molecule has 136 valence electrons. The van der Waals surface area contributed by atoms with Gasteiger partial charge >= 0.3 is 0 Å². The van der Waals surface area contributed by atoms with Crippen LogP contribution < -0.4 is 15.4 Å². The molecule has 0 aromatic heterocycles. The molecule has 0 bridgehead atoms. The van der Waals surface area contributed by atoms with Gasteiger partial charge in [-0.2, -0.15) is 0 Å². The molecule has 0 heterocycles. The minimum absolute atomic E-state index is 0. The predicted octanol–water partition coefficient (Wildman–Crippen LogP) is 4.00. The first-order chi connectivity index (χ1) is 11.7. The number of aliphatic imine (C=N–C) groups is 1. The molecule has 4 nitrogen and oxygen atoms in total. The zero-order valence-electron chi connectivity index (χ0n) is 15.2. The average molecular weight is 453 g/mol. The van der Waals surface area contributed by atoms with E-state index in [1.165, 1.54) is 11.1 Å². The van der Waals surface area contributed by atoms with Crippen LogP contribution in [-0.4, -0.2) is 25.7 Å². The Balaban J connectivity index is 0.00000312. The van der Waals surface area contributed by atoms with Gasteiger partial charge in [0, 0.05) is 20.1 Å². The maximum atomic E-state index is 5.66. The number of hydrogen-bond acceptors (Lipinski definition) is 2. The first kappa shape index (κ1) is 21.3. The third kappa shape index (κ3) is 8.25. The highest BCUT2D eigenvalue weighted by Crippen LogP contribution is 2.13. The van der Waals surface area contributed by atoms with Crippen molar-refractivity contribution < 1.29 is 4.74 Å². The second kappa shape index (κ2) is 11.7. The quantitative estimate of drug-likeness (QED) is 0.379. The summed E-state index contributed by atoms with van der Waals surface area (Å²) < 4.78 is 5.66. The first-order valence-corrected chi connectivity index (χ1v) is 8.41. The normalized spacial score (nSPS) is 11.0. The maximum absolute atomic E-state index is 5.66. The minimum atomic E-state index is 0. The summed E-state index contributed by atoms with van der Waals surface area (Å²) in [7, 11) is 1.79. The van der Waals surface area contributed by atoms with E-state index in [9.17, 15) is 0 Å². The van der Waals surface area contributed by atoms with Gasteiger partial charge in [0.25, 0.3) is 0 Å². The molecule has 2 aromatic carbocycles. The molecular weight excluding hydrogens is 425 g/mol. The Morgan fingerprint density at radius 1 is 0.960 bits per heavy atom. The van der Waals surface area contributed by atoms with Crippen molar-refractivity contribution in [3.63, 3.8) is 0 Å². The number of benzene rings is 2. The lowest BCUT2D eigenvalue weighted by molar-refractivity contribution is 0.242. The highest BCUT2D eigenvalue weighted by Gasteiger charge is 2.00. The van der Waals surface area contributed by atoms with Gasteiger partial charge in [-0.25, -0.2) is 0 Å². The summed E-state index contributed by atoms with van der Waals surface area (Å²) in [6, 6.07) is 18.6. The summed E-state index contributed by atoms with van der Waals surface area (Å²) in [5, 5.41) is 6.66. The molecule has 0 aliphatic rings. The van der Waals surface area contributed by atoms with Crippen LogP contribution in [0.3, 0.4) is 0 Å². The van der Waals surface area contributed by atoms with Crippen molar-refractivity contribution in [2.75, 3.05) is 13.6 Å². The van der Waals surface area contributed by atoms with Crippen LogP contribution in [0.15, 0.2) is 59.6 Å². The molecule has 0 amide bonds. The Bertz CT molecular complexity index is 627. The zero-order chi connectivity index (χ0) is 17.2. The molecule has 0 unspecified atom stereocenters. The summed E-state index contributed by atoms with van der Waals surface area (Å²) in [5.74, 6) is 1.74. The average Bonchev–Trinajstić information content (AvgIpc) is 2.60. The van der Waals surface area contributed by atoms with Crippen LogP contribution in [0, 0.1) is 0 Å². The van der Waals surface area contributed by atoms with Gasteiger partial charge in [0.05, 0.1) is 6.10 Å². The smallest absolute Gasteiger partial charge is 0.191 e. The predicted molar refractivity (Wildman–Crippen MR) is 116 cm³/mol. The van der Waals surface area contributed by atoms with Crippen LogP contribution in [0.1, 0.15) is 25.0 Å². The van der Waals surface area contributed by atoms with Crippen LogP contribution in [0.4, 0.5) is 0 Å². The van der Waals surface area contributed by atoms with Crippen LogP contribution >= 0.6 is 24.0 Å². The molecule has 2 N–H and O–H groups in total. The van der Waals surface area contributed by atoms with Crippen molar-refractivity contribution in [1.29, 1.82) is 0 Å². The number of halogens is 1. The number of nitrogens with zero attached hydrogens (tertiary/aromatic N) is 1. The Morgan fingerprint density at radius 2 is 1.64 bits per heavy atom. The van der Waals surface area contributed by atoms with Crippen LogP contribution in [-0.2, 0) is 13.0 Å². The molecule has 0 aliphatic carbocycles. The number of hydrogen-bond donors (Lipinski definition) is 2. The molecule has 25 heavy (non-hydrogen) atoms. The van der Waals surface area contributed by atoms with Gasteiger partial charge < -0.3 is 15.4 Å². The van der Waals surface area contributed by atoms with E-state index in [0.29, 0.717) is 0 Å². The molecule has 0 fully saturated rings. The molecule has 0 aliphatic heterocycles. The molecule has 5 heteroatoms. The van der Waals surface area contributed by atoms with Crippen molar-refractivity contribution in [3.8, 4) is 5.75 Å². The van der Waals surface area contributed by atoms with Gasteiger partial charge in [-0.05, 0) is 43.5 Å². The standard InChI is InChI=1S/C20H27N3O.HI/c1-16(2)24-19-11-9-17(10-12-19)13-14-22-20(21-3)23-15-18-7-5-4-6-8-18;/h4-12,16H,13-15H2,1-3H3,(H2,21,22,23);1H. The van der Waals surface area contributed by atoms with E-state index in [1.807, 2.05) is 44.2 Å². The third-order valence-corrected chi connectivity index (χ3v) is 3.53. The maximum Gasteiger partial charge on any atom is 0.191 e. The minimum Gasteiger partial charge on any atom is -0.491 e. The van der Waals surface area contributed by atoms with Gasteiger partial charge in [-0.15, -0.1) is 24.0 Å². The second-order valence-corrected chi connectivity index (χ2v) is 5.90. The van der Waals surface area contributed by atoms with Crippen molar-refractivity contribution >= 4 is 29.9 Å². The lowest BCUT2D eigenvalue weighted by atomic mass is 10.1. The Labute approximate surface area is 168 Å². The van der Waals surface area contributed by atoms with E-state index in [-0.39, 0.29) is 30.1 Å². The highest BCUT2D eigenvalue weighted by molar-refractivity contribution is 14.0. The van der Waals surface area contributed by atoms with E-state index in [4.69, 9.17) is 4.74 Å². The van der Waals surface area contributed by atoms with Gasteiger partial charge in [0.1, 0.15) is 5.75 Å². The van der Waals surface area contributed by atoms with Crippen molar-refractivity contribution in [2.24, 2.45) is 4.99 Å². The van der Waals surface area contributed by atoms with Gasteiger partial charge in [-0.1, -0.05) is 42.5 Å². The van der Waals surface area contributed by atoms with Crippen molar-refractivity contribution in [2.45, 2.75) is 32.9 Å². The van der Waals surface area contributed by atoms with Crippen LogP contribution in [0.25, 0.3) is 0 Å². The molecule has 0 saturated heterocycles. The fourth-order valence-electron chi connectivity index (χ4n) is 2.33. The molecular formula is C20H28IN3O. The second-order valence-electron chi connectivity index (χ2n) is 5.90. The fourth-order valence-corrected chi connectivity index (χ4v) is 2.33. The fraction of sp³-hybridized carbons (Fsp3) is 0.350. The Kier molecular flexibility index (Phi) is 9.99. The number of ether oxygens (including phenoxy) is 1. The largest absolute Gasteiger partial charge is 0.491 e. The summed E-state index contributed by atoms with van der Waals surface area (Å²) in [4.78, 5) is 4.26. The van der Waals surface area contributed by atoms with E-state index >= 15 is 0 Å². The lowest BCUT2D eigenvalue weighted by Gasteiger charge is -2.13. The summed E-state index contributed by atoms with van der Waals surface area (Å²) in [5.41, 5.74) is 2.51. The topological polar surface area (TPSA) is 45.7 Å². The zero-order valence-corrected chi connectivity index (χ0v) is 17.5. The first-order valence-electron chi connectivity index (χ1n) is 8.41. The van der Waals surface area contributed by atoms with Crippen molar-refractivity contribution in [1.82, 2.24) is 10.6 Å². The Morgan fingerprint density at radius 3 is 2.24 bits per heavy atom. The Hall–Kier alpha value is -1.76. The van der Waals surface area contributed by atoms with Gasteiger partial charge in [0.2, 0.25) is 0 Å². The number of rotatable bonds is 7. The van der Waals surface area contributed by atoms with E-state index in [1.54, 1.807) is 7.05 Å². The van der Waals surface area contributed by atoms with Gasteiger partial charge in [-0.3, -0.25) is 4.99 Å². The molecule has 0 spiro atoms. The third-order valence-electron chi connectivity index (χ3n) is 3.53. The molecule has 2 rings (SSSR count). The number of nitrogens with one attached hydrogen (secondary N) is 2. The van der Waals surface area contributed by atoms with Crippen LogP contribution in [0.2, 0.25) is 0 Å². The monoisotopic (exact) mass is 453 g/mol. The molecule has 0 radical (unpaired) electrons. The van der Waals surface area contributed by atoms with E-state index in [0.717, 1.165) is 31.2 Å². The summed E-state index contributed by atoms with van der Waals surface area (Å²) >= 11 is 0. The highest BCUT2D eigenvalue weighted by atomic mass is 127.